The van der Waals surface area contributed by atoms with Gasteiger partial charge < -0.3 is 19.3 Å². The fourth-order valence-electron chi connectivity index (χ4n) is 1.96. The van der Waals surface area contributed by atoms with E-state index in [9.17, 15) is 4.79 Å². The Balaban J connectivity index is 2.22. The molecule has 5 nitrogen and oxygen atoms in total. The first-order valence-electron chi connectivity index (χ1n) is 6.40. The van der Waals surface area contributed by atoms with E-state index in [-0.39, 0.29) is 12.5 Å². The lowest BCUT2D eigenvalue weighted by atomic mass is 10.4. The molecular weight excluding hydrogens is 256 g/mol. The van der Waals surface area contributed by atoms with Gasteiger partial charge in [0.1, 0.15) is 6.61 Å². The Labute approximate surface area is 114 Å². The van der Waals surface area contributed by atoms with Crippen LogP contribution in [0.1, 0.15) is 6.42 Å². The predicted octanol–water partition coefficient (Wildman–Crippen LogP) is 0.423. The topological polar surface area (TPSA) is 42.0 Å². The smallest absolute Gasteiger partial charge is 0.248 e. The van der Waals surface area contributed by atoms with Gasteiger partial charge in [0.25, 0.3) is 0 Å². The molecule has 0 aromatic heterocycles. The summed E-state index contributed by atoms with van der Waals surface area (Å²) in [5.41, 5.74) is 0. The molecule has 1 fully saturated rings. The van der Waals surface area contributed by atoms with Crippen LogP contribution < -0.4 is 0 Å². The van der Waals surface area contributed by atoms with Crippen molar-refractivity contribution in [2.75, 3.05) is 65.5 Å². The second kappa shape index (κ2) is 9.55. The lowest BCUT2D eigenvalue weighted by Crippen LogP contribution is -2.37. The molecule has 0 spiro atoms. The van der Waals surface area contributed by atoms with E-state index in [1.807, 2.05) is 4.90 Å². The van der Waals surface area contributed by atoms with Crippen molar-refractivity contribution in [3.05, 3.63) is 0 Å². The van der Waals surface area contributed by atoms with Crippen LogP contribution in [-0.2, 0) is 14.3 Å². The highest BCUT2D eigenvalue weighted by Gasteiger charge is 2.18. The lowest BCUT2D eigenvalue weighted by Gasteiger charge is -2.21. The number of carbonyl (C=O) groups excluding carboxylic acids is 1. The van der Waals surface area contributed by atoms with Crippen LogP contribution in [-0.4, -0.2) is 81.2 Å². The summed E-state index contributed by atoms with van der Waals surface area (Å²) in [4.78, 5) is 16.1. The maximum atomic E-state index is 11.9. The largest absolute Gasteiger partial charge is 0.382 e. The van der Waals surface area contributed by atoms with Crippen molar-refractivity contribution < 1.29 is 14.3 Å². The molecule has 0 unspecified atom stereocenters. The van der Waals surface area contributed by atoms with Crippen LogP contribution in [0.5, 0.6) is 0 Å². The van der Waals surface area contributed by atoms with Crippen LogP contribution >= 0.6 is 11.6 Å². The van der Waals surface area contributed by atoms with Crippen molar-refractivity contribution in [3.8, 4) is 0 Å². The Bertz CT molecular complexity index is 241. The second-order valence-corrected chi connectivity index (χ2v) is 4.69. The van der Waals surface area contributed by atoms with Gasteiger partial charge in [-0.15, -0.1) is 11.6 Å². The molecule has 0 aromatic rings. The van der Waals surface area contributed by atoms with Gasteiger partial charge in [0, 0.05) is 39.2 Å². The highest BCUT2D eigenvalue weighted by molar-refractivity contribution is 6.18. The average molecular weight is 279 g/mol. The van der Waals surface area contributed by atoms with Gasteiger partial charge in [0.2, 0.25) is 5.91 Å². The molecule has 1 heterocycles. The van der Waals surface area contributed by atoms with Gasteiger partial charge in [0.15, 0.2) is 0 Å². The standard InChI is InChI=1S/C12H23ClN2O3/c1-17-9-10-18-11-12(16)15-5-2-4-14(6-3-13)7-8-15/h2-11H2,1H3. The zero-order valence-corrected chi connectivity index (χ0v) is 11.8. The second-order valence-electron chi connectivity index (χ2n) is 4.31. The van der Waals surface area contributed by atoms with E-state index < -0.39 is 0 Å². The van der Waals surface area contributed by atoms with E-state index >= 15 is 0 Å². The number of alkyl halides is 1. The molecule has 1 amide bonds. The number of amides is 1. The maximum Gasteiger partial charge on any atom is 0.248 e. The van der Waals surface area contributed by atoms with Crippen LogP contribution in [0.2, 0.25) is 0 Å². The Morgan fingerprint density at radius 2 is 2.06 bits per heavy atom. The van der Waals surface area contributed by atoms with Crippen molar-refractivity contribution in [2.24, 2.45) is 0 Å². The van der Waals surface area contributed by atoms with Crippen LogP contribution in [0.25, 0.3) is 0 Å². The molecule has 1 aliphatic heterocycles. The highest BCUT2D eigenvalue weighted by Crippen LogP contribution is 2.04. The van der Waals surface area contributed by atoms with Crippen LogP contribution in [0.4, 0.5) is 0 Å². The maximum absolute atomic E-state index is 11.9. The molecule has 0 atom stereocenters. The summed E-state index contributed by atoms with van der Waals surface area (Å²) in [5.74, 6) is 0.715. The molecule has 0 radical (unpaired) electrons. The molecule has 1 aliphatic rings. The minimum Gasteiger partial charge on any atom is -0.382 e. The Kier molecular flexibility index (Phi) is 8.33. The SMILES string of the molecule is COCCOCC(=O)N1CCCN(CCCl)CC1. The number of hydrogen-bond donors (Lipinski definition) is 0. The number of hydrogen-bond acceptors (Lipinski definition) is 4. The van der Waals surface area contributed by atoms with Crippen LogP contribution in [0.3, 0.4) is 0 Å². The molecule has 0 aliphatic carbocycles. The Morgan fingerprint density at radius 3 is 2.78 bits per heavy atom. The molecule has 0 saturated carbocycles. The van der Waals surface area contributed by atoms with E-state index in [1.165, 1.54) is 0 Å². The monoisotopic (exact) mass is 278 g/mol. The first-order chi connectivity index (χ1) is 8.77. The molecule has 0 aromatic carbocycles. The van der Waals surface area contributed by atoms with Crippen LogP contribution in [0.15, 0.2) is 0 Å². The quantitative estimate of drug-likeness (QED) is 0.500. The molecule has 18 heavy (non-hydrogen) atoms. The lowest BCUT2D eigenvalue weighted by molar-refractivity contribution is -0.136. The molecule has 6 heteroatoms. The fraction of sp³-hybridized carbons (Fsp3) is 0.917. The summed E-state index contributed by atoms with van der Waals surface area (Å²) < 4.78 is 10.1. The summed E-state index contributed by atoms with van der Waals surface area (Å²) in [6, 6.07) is 0. The van der Waals surface area contributed by atoms with Gasteiger partial charge in [-0.1, -0.05) is 0 Å². The zero-order chi connectivity index (χ0) is 13.2. The number of halogens is 1. The average Bonchev–Trinajstić information content (AvgIpc) is 2.61. The third-order valence-corrected chi connectivity index (χ3v) is 3.17. The summed E-state index contributed by atoms with van der Waals surface area (Å²) in [5, 5.41) is 0. The van der Waals surface area contributed by atoms with E-state index in [1.54, 1.807) is 7.11 Å². The van der Waals surface area contributed by atoms with E-state index in [0.29, 0.717) is 19.1 Å². The number of rotatable bonds is 7. The summed E-state index contributed by atoms with van der Waals surface area (Å²) in [6.45, 7) is 5.53. The third-order valence-electron chi connectivity index (χ3n) is 3.00. The van der Waals surface area contributed by atoms with E-state index in [4.69, 9.17) is 21.1 Å². The van der Waals surface area contributed by atoms with Gasteiger partial charge in [-0.3, -0.25) is 4.79 Å². The molecule has 0 N–H and O–H groups in total. The molecule has 1 rings (SSSR count). The first-order valence-corrected chi connectivity index (χ1v) is 6.94. The first kappa shape index (κ1) is 15.7. The summed E-state index contributed by atoms with van der Waals surface area (Å²) in [6.07, 6.45) is 1.00. The number of methoxy groups -OCH3 is 1. The fourth-order valence-corrected chi connectivity index (χ4v) is 2.20. The number of ether oxygens (including phenoxy) is 2. The summed E-state index contributed by atoms with van der Waals surface area (Å²) in [7, 11) is 1.62. The van der Waals surface area contributed by atoms with Crippen molar-refractivity contribution in [3.63, 3.8) is 0 Å². The van der Waals surface area contributed by atoms with E-state index in [2.05, 4.69) is 4.90 Å². The molecule has 0 bridgehead atoms. The highest BCUT2D eigenvalue weighted by atomic mass is 35.5. The van der Waals surface area contributed by atoms with Crippen LogP contribution in [0, 0.1) is 0 Å². The van der Waals surface area contributed by atoms with Gasteiger partial charge in [-0.25, -0.2) is 0 Å². The van der Waals surface area contributed by atoms with Gasteiger partial charge in [0.05, 0.1) is 13.2 Å². The minimum atomic E-state index is 0.0684. The third kappa shape index (κ3) is 6.00. The molecule has 106 valence electrons. The Morgan fingerprint density at radius 1 is 1.22 bits per heavy atom. The van der Waals surface area contributed by atoms with Gasteiger partial charge in [-0.2, -0.15) is 0 Å². The van der Waals surface area contributed by atoms with Crippen molar-refractivity contribution in [2.45, 2.75) is 6.42 Å². The predicted molar refractivity (Wildman–Crippen MR) is 71.1 cm³/mol. The van der Waals surface area contributed by atoms with Crippen molar-refractivity contribution in [1.82, 2.24) is 9.80 Å². The van der Waals surface area contributed by atoms with Gasteiger partial charge >= 0.3 is 0 Å². The Hall–Kier alpha value is -0.360. The normalized spacial score (nSPS) is 17.8. The number of nitrogens with zero attached hydrogens (tertiary/aromatic N) is 2. The molecule has 1 saturated heterocycles. The van der Waals surface area contributed by atoms with Crippen molar-refractivity contribution in [1.29, 1.82) is 0 Å². The van der Waals surface area contributed by atoms with E-state index in [0.717, 1.165) is 39.1 Å². The molecular formula is C12H23ClN2O3. The zero-order valence-electron chi connectivity index (χ0n) is 11.1. The minimum absolute atomic E-state index is 0.0684. The van der Waals surface area contributed by atoms with Crippen molar-refractivity contribution >= 4 is 17.5 Å². The summed E-state index contributed by atoms with van der Waals surface area (Å²) >= 11 is 5.73. The number of carbonyl (C=O) groups is 1. The van der Waals surface area contributed by atoms with Gasteiger partial charge in [-0.05, 0) is 13.0 Å².